The van der Waals surface area contributed by atoms with Gasteiger partial charge in [0.05, 0.1) is 5.56 Å². The summed E-state index contributed by atoms with van der Waals surface area (Å²) in [5.74, 6) is -0.0370. The van der Waals surface area contributed by atoms with Crippen molar-refractivity contribution in [2.75, 3.05) is 11.9 Å². The Morgan fingerprint density at radius 2 is 1.73 bits per heavy atom. The van der Waals surface area contributed by atoms with Gasteiger partial charge in [0.15, 0.2) is 0 Å². The second kappa shape index (κ2) is 10.4. The Kier molecular flexibility index (Phi) is 7.64. The molecule has 1 aromatic heterocycles. The maximum Gasteiger partial charge on any atom is 0.225 e. The third kappa shape index (κ3) is 5.28. The maximum absolute atomic E-state index is 12.4. The Hall–Kier alpha value is -2.65. The van der Waals surface area contributed by atoms with Crippen LogP contribution >= 0.6 is 23.7 Å². The lowest BCUT2D eigenvalue weighted by molar-refractivity contribution is -0.116. The van der Waals surface area contributed by atoms with Crippen LogP contribution in [-0.4, -0.2) is 17.4 Å². The number of nitriles is 1. The van der Waals surface area contributed by atoms with E-state index in [2.05, 4.69) is 40.6 Å². The molecule has 1 aliphatic heterocycles. The molecule has 0 spiro atoms. The van der Waals surface area contributed by atoms with Crippen LogP contribution in [0.1, 0.15) is 33.6 Å². The first-order valence-corrected chi connectivity index (χ1v) is 10.7. The fraction of sp³-hybridized carbons (Fsp3) is 0.250. The van der Waals surface area contributed by atoms with Gasteiger partial charge in [0, 0.05) is 30.9 Å². The van der Waals surface area contributed by atoms with Gasteiger partial charge in [-0.05, 0) is 29.5 Å². The van der Waals surface area contributed by atoms with Crippen LogP contribution in [-0.2, 0) is 30.7 Å². The van der Waals surface area contributed by atoms with Gasteiger partial charge in [-0.15, -0.1) is 23.7 Å². The highest BCUT2D eigenvalue weighted by Gasteiger charge is 2.25. The number of thiophene rings is 1. The van der Waals surface area contributed by atoms with Crippen molar-refractivity contribution in [2.45, 2.75) is 32.4 Å². The summed E-state index contributed by atoms with van der Waals surface area (Å²) in [5.41, 5.74) is 4.20. The molecule has 0 atom stereocenters. The second-order valence-corrected chi connectivity index (χ2v) is 8.40. The van der Waals surface area contributed by atoms with Gasteiger partial charge in [-0.3, -0.25) is 9.69 Å². The van der Waals surface area contributed by atoms with Crippen molar-refractivity contribution in [3.8, 4) is 6.07 Å². The summed E-state index contributed by atoms with van der Waals surface area (Å²) in [6.07, 6.45) is 1.96. The normalized spacial score (nSPS) is 13.0. The van der Waals surface area contributed by atoms with E-state index >= 15 is 0 Å². The van der Waals surface area contributed by atoms with E-state index in [0.717, 1.165) is 37.2 Å². The third-order valence-corrected chi connectivity index (χ3v) is 6.37. The number of benzene rings is 2. The van der Waals surface area contributed by atoms with Crippen molar-refractivity contribution in [1.29, 1.82) is 5.26 Å². The number of carbonyl (C=O) groups excluding carboxylic acids is 1. The monoisotopic (exact) mass is 437 g/mol. The highest BCUT2D eigenvalue weighted by atomic mass is 35.5. The van der Waals surface area contributed by atoms with Crippen LogP contribution in [0.15, 0.2) is 60.7 Å². The molecule has 0 fully saturated rings. The summed E-state index contributed by atoms with van der Waals surface area (Å²) in [6, 6.07) is 22.8. The van der Waals surface area contributed by atoms with E-state index in [9.17, 15) is 10.1 Å². The molecule has 30 heavy (non-hydrogen) atoms. The number of rotatable bonds is 6. The number of nitrogens with zero attached hydrogens (tertiary/aromatic N) is 2. The number of amides is 1. The van der Waals surface area contributed by atoms with E-state index < -0.39 is 0 Å². The number of anilines is 1. The van der Waals surface area contributed by atoms with Crippen LogP contribution in [0.3, 0.4) is 0 Å². The van der Waals surface area contributed by atoms with Gasteiger partial charge < -0.3 is 5.32 Å². The molecular formula is C24H24ClN3OS. The molecule has 4 nitrogen and oxygen atoms in total. The van der Waals surface area contributed by atoms with Crippen LogP contribution in [0, 0.1) is 11.3 Å². The molecule has 1 amide bonds. The number of carbonyl (C=O) groups is 1. The van der Waals surface area contributed by atoms with Crippen molar-refractivity contribution in [2.24, 2.45) is 0 Å². The quantitative estimate of drug-likeness (QED) is 0.578. The topological polar surface area (TPSA) is 56.1 Å². The smallest absolute Gasteiger partial charge is 0.225 e. The molecule has 0 unspecified atom stereocenters. The molecule has 0 aliphatic carbocycles. The third-order valence-electron chi connectivity index (χ3n) is 5.23. The van der Waals surface area contributed by atoms with Crippen LogP contribution in [0.2, 0.25) is 0 Å². The Morgan fingerprint density at radius 3 is 2.40 bits per heavy atom. The van der Waals surface area contributed by atoms with Gasteiger partial charge in [-0.2, -0.15) is 5.26 Å². The summed E-state index contributed by atoms with van der Waals surface area (Å²) >= 11 is 1.55. The zero-order valence-electron chi connectivity index (χ0n) is 16.6. The SMILES string of the molecule is Cl.N#Cc1c(NC(=O)CCc2ccccc2)sc2c1CCN(Cc1ccccc1)C2. The van der Waals surface area contributed by atoms with Crippen LogP contribution in [0.5, 0.6) is 0 Å². The Labute approximate surface area is 187 Å². The number of halogens is 1. The minimum atomic E-state index is -0.0370. The zero-order chi connectivity index (χ0) is 20.1. The van der Waals surface area contributed by atoms with Crippen LogP contribution in [0.25, 0.3) is 0 Å². The molecule has 0 radical (unpaired) electrons. The molecule has 2 aromatic carbocycles. The lowest BCUT2D eigenvalue weighted by Gasteiger charge is -2.26. The molecule has 0 saturated heterocycles. The summed E-state index contributed by atoms with van der Waals surface area (Å²) < 4.78 is 0. The average molecular weight is 438 g/mol. The second-order valence-electron chi connectivity index (χ2n) is 7.30. The molecule has 0 saturated carbocycles. The number of nitrogens with one attached hydrogen (secondary N) is 1. The predicted molar refractivity (Wildman–Crippen MR) is 124 cm³/mol. The fourth-order valence-electron chi connectivity index (χ4n) is 3.73. The molecule has 1 N–H and O–H groups in total. The van der Waals surface area contributed by atoms with Crippen molar-refractivity contribution in [3.05, 3.63) is 87.8 Å². The zero-order valence-corrected chi connectivity index (χ0v) is 18.3. The summed E-state index contributed by atoms with van der Waals surface area (Å²) in [5, 5.41) is 13.4. The number of hydrogen-bond donors (Lipinski definition) is 1. The highest BCUT2D eigenvalue weighted by molar-refractivity contribution is 7.16. The molecule has 0 bridgehead atoms. The summed E-state index contributed by atoms with van der Waals surface area (Å²) in [7, 11) is 0. The lowest BCUT2D eigenvalue weighted by atomic mass is 10.0. The van der Waals surface area contributed by atoms with Gasteiger partial charge in [0.2, 0.25) is 5.91 Å². The van der Waals surface area contributed by atoms with E-state index in [1.54, 1.807) is 11.3 Å². The Morgan fingerprint density at radius 1 is 1.07 bits per heavy atom. The van der Waals surface area contributed by atoms with Crippen molar-refractivity contribution >= 4 is 34.7 Å². The number of aryl methyl sites for hydroxylation is 1. The summed E-state index contributed by atoms with van der Waals surface area (Å²) in [6.45, 7) is 2.65. The molecule has 4 rings (SSSR count). The van der Waals surface area contributed by atoms with E-state index in [0.29, 0.717) is 23.4 Å². The minimum Gasteiger partial charge on any atom is -0.317 e. The molecule has 154 valence electrons. The average Bonchev–Trinajstić information content (AvgIpc) is 3.09. The fourth-order valence-corrected chi connectivity index (χ4v) is 4.99. The lowest BCUT2D eigenvalue weighted by Crippen LogP contribution is -2.29. The van der Waals surface area contributed by atoms with Gasteiger partial charge >= 0.3 is 0 Å². The van der Waals surface area contributed by atoms with E-state index in [1.165, 1.54) is 10.4 Å². The molecule has 1 aliphatic rings. The van der Waals surface area contributed by atoms with Gasteiger partial charge in [-0.25, -0.2) is 0 Å². The van der Waals surface area contributed by atoms with Gasteiger partial charge in [0.25, 0.3) is 0 Å². The molecular weight excluding hydrogens is 414 g/mol. The predicted octanol–water partition coefficient (Wildman–Crippen LogP) is 5.17. The highest BCUT2D eigenvalue weighted by Crippen LogP contribution is 2.37. The maximum atomic E-state index is 12.4. The van der Waals surface area contributed by atoms with E-state index in [-0.39, 0.29) is 18.3 Å². The first-order chi connectivity index (χ1) is 14.2. The number of hydrogen-bond acceptors (Lipinski definition) is 4. The molecule has 2 heterocycles. The van der Waals surface area contributed by atoms with E-state index in [1.807, 2.05) is 36.4 Å². The first kappa shape index (κ1) is 22.0. The molecule has 3 aromatic rings. The minimum absolute atomic E-state index is 0. The molecule has 6 heteroatoms. The summed E-state index contributed by atoms with van der Waals surface area (Å²) in [4.78, 5) is 16.0. The van der Waals surface area contributed by atoms with Crippen molar-refractivity contribution in [3.63, 3.8) is 0 Å². The van der Waals surface area contributed by atoms with Crippen LogP contribution < -0.4 is 5.32 Å². The van der Waals surface area contributed by atoms with Crippen molar-refractivity contribution in [1.82, 2.24) is 4.90 Å². The Bertz CT molecular complexity index is 1030. The standard InChI is InChI=1S/C24H23N3OS.ClH/c25-15-21-20-13-14-27(16-19-9-5-2-6-10-19)17-22(20)29-24(21)26-23(28)12-11-18-7-3-1-4-8-18;/h1-10H,11-14,16-17H2,(H,26,28);1H. The van der Waals surface area contributed by atoms with E-state index in [4.69, 9.17) is 0 Å². The Balaban J connectivity index is 0.00000256. The van der Waals surface area contributed by atoms with Crippen molar-refractivity contribution < 1.29 is 4.79 Å². The van der Waals surface area contributed by atoms with Crippen LogP contribution in [0.4, 0.5) is 5.00 Å². The van der Waals surface area contributed by atoms with Gasteiger partial charge in [-0.1, -0.05) is 60.7 Å². The first-order valence-electron chi connectivity index (χ1n) is 9.87. The van der Waals surface area contributed by atoms with Gasteiger partial charge in [0.1, 0.15) is 11.1 Å². The number of fused-ring (bicyclic) bond motifs is 1. The largest absolute Gasteiger partial charge is 0.317 e.